The van der Waals surface area contributed by atoms with Gasteiger partial charge in [-0.3, -0.25) is 0 Å². The molecule has 0 aliphatic carbocycles. The summed E-state index contributed by atoms with van der Waals surface area (Å²) in [6, 6.07) is 11.2. The normalized spacial score (nSPS) is 10.6. The number of phenols is 2. The van der Waals surface area contributed by atoms with Crippen LogP contribution in [0, 0.1) is 5.82 Å². The maximum Gasteiger partial charge on any atom is 0.157 e. The van der Waals surface area contributed by atoms with Crippen LogP contribution in [-0.4, -0.2) is 16.8 Å². The van der Waals surface area contributed by atoms with Crippen LogP contribution >= 0.6 is 0 Å². The molecule has 2 aromatic rings. The van der Waals surface area contributed by atoms with E-state index in [0.717, 1.165) is 17.5 Å². The minimum absolute atomic E-state index is 0.121. The number of benzene rings is 2. The van der Waals surface area contributed by atoms with Gasteiger partial charge < -0.3 is 15.5 Å². The molecule has 4 heteroatoms. The smallest absolute Gasteiger partial charge is 0.157 e. The van der Waals surface area contributed by atoms with Crippen molar-refractivity contribution in [1.29, 1.82) is 0 Å². The van der Waals surface area contributed by atoms with Crippen molar-refractivity contribution < 1.29 is 14.6 Å². The molecule has 3 N–H and O–H groups in total. The topological polar surface area (TPSA) is 52.5 Å². The summed E-state index contributed by atoms with van der Waals surface area (Å²) in [4.78, 5) is 0. The summed E-state index contributed by atoms with van der Waals surface area (Å²) in [7, 11) is 0. The number of halogens is 1. The SMILES string of the molecule is Oc1ccc(CNCCc2cccc(F)c2)cc1O. The zero-order chi connectivity index (χ0) is 13.7. The van der Waals surface area contributed by atoms with Gasteiger partial charge in [0, 0.05) is 6.54 Å². The van der Waals surface area contributed by atoms with Crippen LogP contribution in [0.4, 0.5) is 4.39 Å². The quantitative estimate of drug-likeness (QED) is 0.572. The van der Waals surface area contributed by atoms with E-state index in [4.69, 9.17) is 0 Å². The van der Waals surface area contributed by atoms with Crippen LogP contribution < -0.4 is 5.32 Å². The van der Waals surface area contributed by atoms with E-state index < -0.39 is 0 Å². The Kier molecular flexibility index (Phi) is 4.36. The van der Waals surface area contributed by atoms with E-state index in [1.807, 2.05) is 6.07 Å². The Morgan fingerprint density at radius 1 is 0.947 bits per heavy atom. The van der Waals surface area contributed by atoms with E-state index in [1.165, 1.54) is 24.3 Å². The Balaban J connectivity index is 1.79. The van der Waals surface area contributed by atoms with Crippen LogP contribution in [0.15, 0.2) is 42.5 Å². The first-order valence-corrected chi connectivity index (χ1v) is 6.11. The Morgan fingerprint density at radius 2 is 1.79 bits per heavy atom. The maximum atomic E-state index is 13.0. The predicted molar refractivity (Wildman–Crippen MR) is 71.6 cm³/mol. The molecule has 3 nitrogen and oxygen atoms in total. The van der Waals surface area contributed by atoms with Crippen molar-refractivity contribution in [2.75, 3.05) is 6.54 Å². The molecule has 0 radical (unpaired) electrons. The first-order valence-electron chi connectivity index (χ1n) is 6.11. The van der Waals surface area contributed by atoms with Crippen molar-refractivity contribution in [2.45, 2.75) is 13.0 Å². The fourth-order valence-electron chi connectivity index (χ4n) is 1.84. The highest BCUT2D eigenvalue weighted by molar-refractivity contribution is 5.40. The fourth-order valence-corrected chi connectivity index (χ4v) is 1.84. The molecule has 2 aromatic carbocycles. The zero-order valence-electron chi connectivity index (χ0n) is 10.4. The van der Waals surface area contributed by atoms with Gasteiger partial charge in [0.25, 0.3) is 0 Å². The summed E-state index contributed by atoms with van der Waals surface area (Å²) >= 11 is 0. The van der Waals surface area contributed by atoms with Crippen LogP contribution in [-0.2, 0) is 13.0 Å². The molecule has 100 valence electrons. The third-order valence-electron chi connectivity index (χ3n) is 2.85. The van der Waals surface area contributed by atoms with Crippen molar-refractivity contribution in [1.82, 2.24) is 5.32 Å². The molecule has 0 bridgehead atoms. The number of rotatable bonds is 5. The van der Waals surface area contributed by atoms with Crippen LogP contribution in [0.3, 0.4) is 0 Å². The summed E-state index contributed by atoms with van der Waals surface area (Å²) in [5, 5.41) is 21.7. The molecule has 0 heterocycles. The van der Waals surface area contributed by atoms with Gasteiger partial charge in [0.1, 0.15) is 5.82 Å². The molecule has 0 saturated heterocycles. The highest BCUT2D eigenvalue weighted by Crippen LogP contribution is 2.24. The molecule has 0 aliphatic rings. The van der Waals surface area contributed by atoms with Crippen LogP contribution in [0.1, 0.15) is 11.1 Å². The van der Waals surface area contributed by atoms with Gasteiger partial charge in [0.15, 0.2) is 11.5 Å². The number of hydrogen-bond acceptors (Lipinski definition) is 3. The standard InChI is InChI=1S/C15H16FNO2/c16-13-3-1-2-11(8-13)6-7-17-10-12-4-5-14(18)15(19)9-12/h1-5,8-9,17-19H,6-7,10H2. The second-order valence-electron chi connectivity index (χ2n) is 4.38. The van der Waals surface area contributed by atoms with Crippen LogP contribution in [0.2, 0.25) is 0 Å². The summed E-state index contributed by atoms with van der Waals surface area (Å²) < 4.78 is 13.0. The van der Waals surface area contributed by atoms with Crippen LogP contribution in [0.5, 0.6) is 11.5 Å². The molecule has 2 rings (SSSR count). The van der Waals surface area contributed by atoms with Gasteiger partial charge in [-0.15, -0.1) is 0 Å². The largest absolute Gasteiger partial charge is 0.504 e. The van der Waals surface area contributed by atoms with Crippen molar-refractivity contribution in [3.8, 4) is 11.5 Å². The van der Waals surface area contributed by atoms with E-state index in [-0.39, 0.29) is 17.3 Å². The molecular formula is C15H16FNO2. The summed E-state index contributed by atoms with van der Waals surface area (Å²) in [6.45, 7) is 1.30. The lowest BCUT2D eigenvalue weighted by Crippen LogP contribution is -2.16. The minimum Gasteiger partial charge on any atom is -0.504 e. The van der Waals surface area contributed by atoms with Crippen molar-refractivity contribution in [3.05, 3.63) is 59.4 Å². The highest BCUT2D eigenvalue weighted by atomic mass is 19.1. The zero-order valence-corrected chi connectivity index (χ0v) is 10.4. The first kappa shape index (κ1) is 13.4. The third kappa shape index (κ3) is 3.96. The molecule has 0 unspecified atom stereocenters. The number of aromatic hydroxyl groups is 2. The Labute approximate surface area is 111 Å². The molecule has 19 heavy (non-hydrogen) atoms. The van der Waals surface area contributed by atoms with Crippen molar-refractivity contribution >= 4 is 0 Å². The van der Waals surface area contributed by atoms with Gasteiger partial charge in [-0.1, -0.05) is 18.2 Å². The lowest BCUT2D eigenvalue weighted by molar-refractivity contribution is 0.403. The Hall–Kier alpha value is -2.07. The molecule has 0 amide bonds. The molecule has 0 saturated carbocycles. The Bertz CT molecular complexity index is 558. The molecular weight excluding hydrogens is 245 g/mol. The minimum atomic E-state index is -0.221. The van der Waals surface area contributed by atoms with Gasteiger partial charge >= 0.3 is 0 Å². The van der Waals surface area contributed by atoms with Gasteiger partial charge in [-0.05, 0) is 48.4 Å². The van der Waals surface area contributed by atoms with Crippen molar-refractivity contribution in [2.24, 2.45) is 0 Å². The predicted octanol–water partition coefficient (Wildman–Crippen LogP) is 2.57. The molecule has 0 fully saturated rings. The van der Waals surface area contributed by atoms with Crippen LogP contribution in [0.25, 0.3) is 0 Å². The van der Waals surface area contributed by atoms with E-state index >= 15 is 0 Å². The second kappa shape index (κ2) is 6.20. The van der Waals surface area contributed by atoms with Gasteiger partial charge in [-0.2, -0.15) is 0 Å². The van der Waals surface area contributed by atoms with E-state index in [2.05, 4.69) is 5.32 Å². The molecule has 0 spiro atoms. The second-order valence-corrected chi connectivity index (χ2v) is 4.38. The lowest BCUT2D eigenvalue weighted by atomic mass is 10.1. The molecule has 0 atom stereocenters. The molecule has 0 aromatic heterocycles. The average molecular weight is 261 g/mol. The average Bonchev–Trinajstić information content (AvgIpc) is 2.39. The summed E-state index contributed by atoms with van der Waals surface area (Å²) in [6.07, 6.45) is 0.738. The van der Waals surface area contributed by atoms with Gasteiger partial charge in [0.2, 0.25) is 0 Å². The Morgan fingerprint density at radius 3 is 2.53 bits per heavy atom. The van der Waals surface area contributed by atoms with E-state index in [1.54, 1.807) is 12.1 Å². The van der Waals surface area contributed by atoms with E-state index in [9.17, 15) is 14.6 Å². The number of phenolic OH excluding ortho intramolecular Hbond substituents is 2. The summed E-state index contributed by atoms with van der Waals surface area (Å²) in [5.74, 6) is -0.464. The monoisotopic (exact) mass is 261 g/mol. The highest BCUT2D eigenvalue weighted by Gasteiger charge is 2.00. The first-order chi connectivity index (χ1) is 9.15. The van der Waals surface area contributed by atoms with Crippen molar-refractivity contribution in [3.63, 3.8) is 0 Å². The van der Waals surface area contributed by atoms with Gasteiger partial charge in [0.05, 0.1) is 0 Å². The lowest BCUT2D eigenvalue weighted by Gasteiger charge is -2.06. The number of nitrogens with one attached hydrogen (secondary N) is 1. The van der Waals surface area contributed by atoms with Gasteiger partial charge in [-0.25, -0.2) is 4.39 Å². The third-order valence-corrected chi connectivity index (χ3v) is 2.85. The molecule has 0 aliphatic heterocycles. The summed E-state index contributed by atoms with van der Waals surface area (Å²) in [5.41, 5.74) is 1.83. The van der Waals surface area contributed by atoms with E-state index in [0.29, 0.717) is 13.1 Å². The fraction of sp³-hybridized carbons (Fsp3) is 0.200. The maximum absolute atomic E-state index is 13.0. The number of hydrogen-bond donors (Lipinski definition) is 3.